The van der Waals surface area contributed by atoms with Crippen molar-refractivity contribution in [3.05, 3.63) is 35.9 Å². The SMILES string of the molecule is CC(C)(C)c1nc(C#N)c2ccccn12. The van der Waals surface area contributed by atoms with Gasteiger partial charge in [-0.2, -0.15) is 5.26 Å². The molecule has 2 rings (SSSR count). The highest BCUT2D eigenvalue weighted by atomic mass is 15.0. The van der Waals surface area contributed by atoms with Gasteiger partial charge in [-0.15, -0.1) is 0 Å². The highest BCUT2D eigenvalue weighted by molar-refractivity contribution is 5.59. The zero-order valence-corrected chi connectivity index (χ0v) is 9.15. The van der Waals surface area contributed by atoms with E-state index in [2.05, 4.69) is 31.8 Å². The van der Waals surface area contributed by atoms with E-state index in [9.17, 15) is 0 Å². The molecule has 2 aromatic rings. The molecule has 3 nitrogen and oxygen atoms in total. The van der Waals surface area contributed by atoms with E-state index in [1.54, 1.807) is 0 Å². The van der Waals surface area contributed by atoms with E-state index in [0.29, 0.717) is 5.69 Å². The maximum Gasteiger partial charge on any atom is 0.166 e. The molecule has 76 valence electrons. The largest absolute Gasteiger partial charge is 0.302 e. The van der Waals surface area contributed by atoms with Crippen molar-refractivity contribution in [1.29, 1.82) is 5.26 Å². The van der Waals surface area contributed by atoms with Gasteiger partial charge in [-0.3, -0.25) is 0 Å². The number of aromatic nitrogens is 2. The predicted molar refractivity (Wildman–Crippen MR) is 58.6 cm³/mol. The molecular weight excluding hydrogens is 186 g/mol. The fourth-order valence-electron chi connectivity index (χ4n) is 1.65. The third kappa shape index (κ3) is 1.48. The van der Waals surface area contributed by atoms with Crippen LogP contribution in [0.1, 0.15) is 32.3 Å². The molecule has 0 fully saturated rings. The molecule has 0 unspecified atom stereocenters. The predicted octanol–water partition coefficient (Wildman–Crippen LogP) is 2.50. The zero-order chi connectivity index (χ0) is 11.1. The van der Waals surface area contributed by atoms with Crippen molar-refractivity contribution in [3.8, 4) is 6.07 Å². The topological polar surface area (TPSA) is 41.1 Å². The standard InChI is InChI=1S/C12H13N3/c1-12(2,3)11-14-9(8-13)10-6-4-5-7-15(10)11/h4-7H,1-3H3. The van der Waals surface area contributed by atoms with Gasteiger partial charge >= 0.3 is 0 Å². The van der Waals surface area contributed by atoms with Crippen LogP contribution in [0.3, 0.4) is 0 Å². The van der Waals surface area contributed by atoms with Gasteiger partial charge in [0.1, 0.15) is 11.9 Å². The molecule has 3 heteroatoms. The third-order valence-electron chi connectivity index (χ3n) is 2.33. The Hall–Kier alpha value is -1.82. The Bertz CT molecular complexity index is 538. The van der Waals surface area contributed by atoms with E-state index >= 15 is 0 Å². The molecule has 0 N–H and O–H groups in total. The molecule has 0 saturated carbocycles. The summed E-state index contributed by atoms with van der Waals surface area (Å²) in [6, 6.07) is 7.92. The molecule has 2 heterocycles. The van der Waals surface area contributed by atoms with Gasteiger partial charge in [0.15, 0.2) is 5.69 Å². The van der Waals surface area contributed by atoms with Gasteiger partial charge in [0.2, 0.25) is 0 Å². The van der Waals surface area contributed by atoms with E-state index in [1.807, 2.05) is 28.8 Å². The molecule has 0 amide bonds. The van der Waals surface area contributed by atoms with Gasteiger partial charge in [-0.1, -0.05) is 26.8 Å². The smallest absolute Gasteiger partial charge is 0.166 e. The fourth-order valence-corrected chi connectivity index (χ4v) is 1.65. The van der Waals surface area contributed by atoms with Gasteiger partial charge in [-0.05, 0) is 12.1 Å². The van der Waals surface area contributed by atoms with Crippen LogP contribution >= 0.6 is 0 Å². The summed E-state index contributed by atoms with van der Waals surface area (Å²) in [5, 5.41) is 8.99. The van der Waals surface area contributed by atoms with Crippen LogP contribution in [0, 0.1) is 11.3 Å². The van der Waals surface area contributed by atoms with Gasteiger partial charge in [0.25, 0.3) is 0 Å². The summed E-state index contributed by atoms with van der Waals surface area (Å²) in [7, 11) is 0. The number of hydrogen-bond acceptors (Lipinski definition) is 2. The summed E-state index contributed by atoms with van der Waals surface area (Å²) in [6.07, 6.45) is 1.95. The van der Waals surface area contributed by atoms with Crippen LogP contribution in [-0.2, 0) is 5.41 Å². The zero-order valence-electron chi connectivity index (χ0n) is 9.15. The maximum absolute atomic E-state index is 8.99. The third-order valence-corrected chi connectivity index (χ3v) is 2.33. The lowest BCUT2D eigenvalue weighted by atomic mass is 9.96. The number of rotatable bonds is 0. The van der Waals surface area contributed by atoms with Crippen LogP contribution in [0.4, 0.5) is 0 Å². The van der Waals surface area contributed by atoms with Crippen molar-refractivity contribution < 1.29 is 0 Å². The van der Waals surface area contributed by atoms with Crippen LogP contribution in [-0.4, -0.2) is 9.38 Å². The number of imidazole rings is 1. The first-order valence-electron chi connectivity index (χ1n) is 4.91. The molecule has 0 aromatic carbocycles. The molecule has 15 heavy (non-hydrogen) atoms. The molecule has 0 spiro atoms. The quantitative estimate of drug-likeness (QED) is 0.654. The normalized spacial score (nSPS) is 11.6. The minimum atomic E-state index is -0.0562. The van der Waals surface area contributed by atoms with Crippen molar-refractivity contribution in [2.45, 2.75) is 26.2 Å². The van der Waals surface area contributed by atoms with E-state index in [0.717, 1.165) is 11.3 Å². The summed E-state index contributed by atoms with van der Waals surface area (Å²) < 4.78 is 1.98. The Morgan fingerprint density at radius 3 is 2.67 bits per heavy atom. The number of hydrogen-bond donors (Lipinski definition) is 0. The summed E-state index contributed by atoms with van der Waals surface area (Å²) in [5.41, 5.74) is 1.32. The second-order valence-corrected chi connectivity index (χ2v) is 4.60. The molecule has 0 atom stereocenters. The van der Waals surface area contributed by atoms with Crippen molar-refractivity contribution in [3.63, 3.8) is 0 Å². The van der Waals surface area contributed by atoms with Crippen LogP contribution in [0.5, 0.6) is 0 Å². The van der Waals surface area contributed by atoms with E-state index < -0.39 is 0 Å². The molecule has 2 aromatic heterocycles. The Morgan fingerprint density at radius 1 is 1.33 bits per heavy atom. The van der Waals surface area contributed by atoms with E-state index in [-0.39, 0.29) is 5.41 Å². The number of fused-ring (bicyclic) bond motifs is 1. The Kier molecular flexibility index (Phi) is 2.01. The second kappa shape index (κ2) is 3.09. The molecule has 0 aliphatic heterocycles. The van der Waals surface area contributed by atoms with Gasteiger partial charge in [0.05, 0.1) is 5.52 Å². The number of pyridine rings is 1. The van der Waals surface area contributed by atoms with Gasteiger partial charge < -0.3 is 4.40 Å². The number of nitriles is 1. The van der Waals surface area contributed by atoms with Crippen LogP contribution in [0.15, 0.2) is 24.4 Å². The number of nitrogens with zero attached hydrogens (tertiary/aromatic N) is 3. The first kappa shape index (κ1) is 9.72. The Labute approximate surface area is 89.0 Å². The van der Waals surface area contributed by atoms with E-state index in [4.69, 9.17) is 5.26 Å². The van der Waals surface area contributed by atoms with Crippen LogP contribution in [0.2, 0.25) is 0 Å². The summed E-state index contributed by atoms with van der Waals surface area (Å²) >= 11 is 0. The second-order valence-electron chi connectivity index (χ2n) is 4.60. The Morgan fingerprint density at radius 2 is 2.07 bits per heavy atom. The summed E-state index contributed by atoms with van der Waals surface area (Å²) in [6.45, 7) is 6.28. The molecule has 0 saturated heterocycles. The molecule has 0 bridgehead atoms. The van der Waals surface area contributed by atoms with Crippen LogP contribution < -0.4 is 0 Å². The van der Waals surface area contributed by atoms with Crippen molar-refractivity contribution >= 4 is 5.52 Å². The monoisotopic (exact) mass is 199 g/mol. The maximum atomic E-state index is 8.99. The van der Waals surface area contributed by atoms with Crippen molar-refractivity contribution in [2.75, 3.05) is 0 Å². The summed E-state index contributed by atoms with van der Waals surface area (Å²) in [5.74, 6) is 0.926. The lowest BCUT2D eigenvalue weighted by molar-refractivity contribution is 0.542. The molecule has 0 aliphatic carbocycles. The van der Waals surface area contributed by atoms with Crippen LogP contribution in [0.25, 0.3) is 5.52 Å². The lowest BCUT2D eigenvalue weighted by Crippen LogP contribution is -2.15. The Balaban J connectivity index is 2.84. The fraction of sp³-hybridized carbons (Fsp3) is 0.333. The minimum absolute atomic E-state index is 0.0562. The van der Waals surface area contributed by atoms with Gasteiger partial charge in [0, 0.05) is 11.6 Å². The average molecular weight is 199 g/mol. The van der Waals surface area contributed by atoms with Crippen molar-refractivity contribution in [1.82, 2.24) is 9.38 Å². The molecule has 0 aliphatic rings. The lowest BCUT2D eigenvalue weighted by Gasteiger charge is -2.16. The summed E-state index contributed by atoms with van der Waals surface area (Å²) in [4.78, 5) is 4.38. The first-order valence-corrected chi connectivity index (χ1v) is 4.91. The highest BCUT2D eigenvalue weighted by Gasteiger charge is 2.21. The molecule has 0 radical (unpaired) electrons. The first-order chi connectivity index (χ1) is 7.04. The van der Waals surface area contributed by atoms with E-state index in [1.165, 1.54) is 0 Å². The van der Waals surface area contributed by atoms with Gasteiger partial charge in [-0.25, -0.2) is 4.98 Å². The average Bonchev–Trinajstić information content (AvgIpc) is 2.55. The molecular formula is C12H13N3. The minimum Gasteiger partial charge on any atom is -0.302 e. The van der Waals surface area contributed by atoms with Crippen molar-refractivity contribution in [2.24, 2.45) is 0 Å². The highest BCUT2D eigenvalue weighted by Crippen LogP contribution is 2.23.